The minimum atomic E-state index is -4.14. The second-order valence-electron chi connectivity index (χ2n) is 4.80. The number of rotatable bonds is 6. The Hall–Kier alpha value is -2.05. The van der Waals surface area contributed by atoms with Gasteiger partial charge in [0.1, 0.15) is 11.5 Å². The van der Waals surface area contributed by atoms with Crippen molar-refractivity contribution in [3.8, 4) is 11.5 Å². The van der Waals surface area contributed by atoms with Crippen molar-refractivity contribution in [2.45, 2.75) is 17.7 Å². The van der Waals surface area contributed by atoms with E-state index in [4.69, 9.17) is 14.0 Å². The Morgan fingerprint density at radius 2 is 1.64 bits per heavy atom. The van der Waals surface area contributed by atoms with Crippen LogP contribution in [0.2, 0.25) is 0 Å². The largest absolute Gasteiger partial charge is 0.497 e. The van der Waals surface area contributed by atoms with Gasteiger partial charge in [-0.3, -0.25) is 4.55 Å². The van der Waals surface area contributed by atoms with Gasteiger partial charge in [0.25, 0.3) is 10.1 Å². The van der Waals surface area contributed by atoms with Crippen LogP contribution in [0.3, 0.4) is 0 Å². The molecule has 6 heteroatoms. The molecule has 2 aromatic rings. The predicted octanol–water partition coefficient (Wildman–Crippen LogP) is 2.74. The fourth-order valence-electron chi connectivity index (χ4n) is 2.18. The highest BCUT2D eigenvalue weighted by Crippen LogP contribution is 2.25. The summed E-state index contributed by atoms with van der Waals surface area (Å²) in [5.74, 6) is 1.55. The van der Waals surface area contributed by atoms with E-state index in [2.05, 4.69) is 0 Å². The van der Waals surface area contributed by atoms with Crippen LogP contribution in [0.15, 0.2) is 47.4 Å². The van der Waals surface area contributed by atoms with Crippen molar-refractivity contribution in [2.75, 3.05) is 14.2 Å². The first-order valence-electron chi connectivity index (χ1n) is 6.71. The van der Waals surface area contributed by atoms with Crippen molar-refractivity contribution in [3.63, 3.8) is 0 Å². The Labute approximate surface area is 130 Å². The van der Waals surface area contributed by atoms with Gasteiger partial charge in [0.2, 0.25) is 0 Å². The standard InChI is InChI=1S/C16H18O5S/c1-20-14-7-10-16(21-2)13(11-14)6-3-12-4-8-15(9-5-12)22(17,18)19/h4-5,7-11H,3,6H2,1-2H3,(H,17,18,19). The van der Waals surface area contributed by atoms with E-state index in [1.54, 1.807) is 26.4 Å². The SMILES string of the molecule is COc1ccc(OC)c(CCc2ccc(S(=O)(=O)O)cc2)c1. The summed E-state index contributed by atoms with van der Waals surface area (Å²) in [5, 5.41) is 0. The van der Waals surface area contributed by atoms with E-state index in [9.17, 15) is 8.42 Å². The highest BCUT2D eigenvalue weighted by Gasteiger charge is 2.09. The first-order chi connectivity index (χ1) is 10.4. The Morgan fingerprint density at radius 3 is 2.18 bits per heavy atom. The molecule has 0 amide bonds. The Bertz CT molecular complexity index is 736. The summed E-state index contributed by atoms with van der Waals surface area (Å²) in [6.45, 7) is 0. The first kappa shape index (κ1) is 16.3. The normalized spacial score (nSPS) is 11.2. The lowest BCUT2D eigenvalue weighted by molar-refractivity contribution is 0.398. The number of benzene rings is 2. The zero-order valence-corrected chi connectivity index (χ0v) is 13.3. The Morgan fingerprint density at radius 1 is 0.955 bits per heavy atom. The van der Waals surface area contributed by atoms with Crippen molar-refractivity contribution >= 4 is 10.1 Å². The molecule has 22 heavy (non-hydrogen) atoms. The van der Waals surface area contributed by atoms with Gasteiger partial charge in [-0.2, -0.15) is 8.42 Å². The number of hydrogen-bond donors (Lipinski definition) is 1. The van der Waals surface area contributed by atoms with E-state index in [1.807, 2.05) is 18.2 Å². The van der Waals surface area contributed by atoms with Gasteiger partial charge >= 0.3 is 0 Å². The summed E-state index contributed by atoms with van der Waals surface area (Å²) in [4.78, 5) is -0.102. The molecule has 0 aliphatic heterocycles. The molecule has 0 unspecified atom stereocenters. The van der Waals surface area contributed by atoms with Crippen LogP contribution in [0, 0.1) is 0 Å². The van der Waals surface area contributed by atoms with E-state index in [-0.39, 0.29) is 4.90 Å². The maximum absolute atomic E-state index is 11.0. The average molecular weight is 322 g/mol. The number of methoxy groups -OCH3 is 2. The molecule has 0 bridgehead atoms. The van der Waals surface area contributed by atoms with Crippen LogP contribution in [0.4, 0.5) is 0 Å². The van der Waals surface area contributed by atoms with E-state index >= 15 is 0 Å². The summed E-state index contributed by atoms with van der Waals surface area (Å²) < 4.78 is 41.5. The maximum Gasteiger partial charge on any atom is 0.294 e. The predicted molar refractivity (Wildman–Crippen MR) is 83.2 cm³/mol. The lowest BCUT2D eigenvalue weighted by Crippen LogP contribution is -1.99. The van der Waals surface area contributed by atoms with Crippen molar-refractivity contribution in [2.24, 2.45) is 0 Å². The van der Waals surface area contributed by atoms with Crippen LogP contribution in [0.1, 0.15) is 11.1 Å². The average Bonchev–Trinajstić information content (AvgIpc) is 2.52. The van der Waals surface area contributed by atoms with Gasteiger partial charge in [0.15, 0.2) is 0 Å². The highest BCUT2D eigenvalue weighted by molar-refractivity contribution is 7.85. The molecular formula is C16H18O5S. The molecule has 0 aliphatic rings. The number of ether oxygens (including phenoxy) is 2. The Balaban J connectivity index is 2.13. The smallest absolute Gasteiger partial charge is 0.294 e. The third-order valence-corrected chi connectivity index (χ3v) is 4.26. The molecule has 0 saturated carbocycles. The molecule has 118 valence electrons. The van der Waals surface area contributed by atoms with Crippen LogP contribution < -0.4 is 9.47 Å². The molecule has 0 heterocycles. The first-order valence-corrected chi connectivity index (χ1v) is 8.15. The molecule has 0 saturated heterocycles. The summed E-state index contributed by atoms with van der Waals surface area (Å²) in [5.41, 5.74) is 1.98. The van der Waals surface area contributed by atoms with Crippen LogP contribution in [0.5, 0.6) is 11.5 Å². The molecular weight excluding hydrogens is 304 g/mol. The molecule has 1 N–H and O–H groups in total. The fourth-order valence-corrected chi connectivity index (χ4v) is 2.66. The van der Waals surface area contributed by atoms with Crippen LogP contribution in [-0.2, 0) is 23.0 Å². The molecule has 0 atom stereocenters. The van der Waals surface area contributed by atoms with Crippen LogP contribution >= 0.6 is 0 Å². The lowest BCUT2D eigenvalue weighted by Gasteiger charge is -2.10. The third-order valence-electron chi connectivity index (χ3n) is 3.39. The quantitative estimate of drug-likeness (QED) is 0.828. The fraction of sp³-hybridized carbons (Fsp3) is 0.250. The minimum absolute atomic E-state index is 0.102. The van der Waals surface area contributed by atoms with Gasteiger partial charge in [-0.25, -0.2) is 0 Å². The second-order valence-corrected chi connectivity index (χ2v) is 6.22. The van der Waals surface area contributed by atoms with Gasteiger partial charge < -0.3 is 9.47 Å². The molecule has 0 fully saturated rings. The molecule has 0 spiro atoms. The van der Waals surface area contributed by atoms with Gasteiger partial charge in [0.05, 0.1) is 19.1 Å². The highest BCUT2D eigenvalue weighted by atomic mass is 32.2. The molecule has 2 aromatic carbocycles. The summed E-state index contributed by atoms with van der Waals surface area (Å²) in [7, 11) is -0.915. The van der Waals surface area contributed by atoms with Gasteiger partial charge in [-0.1, -0.05) is 12.1 Å². The molecule has 0 radical (unpaired) electrons. The zero-order chi connectivity index (χ0) is 16.2. The zero-order valence-electron chi connectivity index (χ0n) is 12.4. The monoisotopic (exact) mass is 322 g/mol. The minimum Gasteiger partial charge on any atom is -0.497 e. The number of aryl methyl sites for hydroxylation is 2. The van der Waals surface area contributed by atoms with E-state index in [0.717, 1.165) is 35.5 Å². The maximum atomic E-state index is 11.0. The lowest BCUT2D eigenvalue weighted by atomic mass is 10.0. The number of hydrogen-bond acceptors (Lipinski definition) is 4. The molecule has 5 nitrogen and oxygen atoms in total. The van der Waals surface area contributed by atoms with Crippen molar-refractivity contribution < 1.29 is 22.4 Å². The summed E-state index contributed by atoms with van der Waals surface area (Å²) in [6, 6.07) is 11.8. The molecule has 0 aromatic heterocycles. The van der Waals surface area contributed by atoms with Gasteiger partial charge in [0, 0.05) is 0 Å². The van der Waals surface area contributed by atoms with E-state index in [0.29, 0.717) is 0 Å². The third kappa shape index (κ3) is 3.99. The molecule has 2 rings (SSSR count). The van der Waals surface area contributed by atoms with E-state index < -0.39 is 10.1 Å². The van der Waals surface area contributed by atoms with Crippen LogP contribution in [0.25, 0.3) is 0 Å². The van der Waals surface area contributed by atoms with Crippen molar-refractivity contribution in [3.05, 3.63) is 53.6 Å². The van der Waals surface area contributed by atoms with Gasteiger partial charge in [-0.05, 0) is 54.3 Å². The van der Waals surface area contributed by atoms with E-state index in [1.165, 1.54) is 12.1 Å². The van der Waals surface area contributed by atoms with Crippen molar-refractivity contribution in [1.82, 2.24) is 0 Å². The van der Waals surface area contributed by atoms with Crippen molar-refractivity contribution in [1.29, 1.82) is 0 Å². The summed E-state index contributed by atoms with van der Waals surface area (Å²) >= 11 is 0. The Kier molecular flexibility index (Phi) is 5.05. The second kappa shape index (κ2) is 6.81. The van der Waals surface area contributed by atoms with Crippen LogP contribution in [-0.4, -0.2) is 27.2 Å². The van der Waals surface area contributed by atoms with Gasteiger partial charge in [-0.15, -0.1) is 0 Å². The molecule has 0 aliphatic carbocycles. The topological polar surface area (TPSA) is 72.8 Å². The summed E-state index contributed by atoms with van der Waals surface area (Å²) in [6.07, 6.45) is 1.45.